The lowest BCUT2D eigenvalue weighted by molar-refractivity contribution is -0.117. The first kappa shape index (κ1) is 21.1. The van der Waals surface area contributed by atoms with Gasteiger partial charge < -0.3 is 4.90 Å². The molecule has 0 saturated heterocycles. The van der Waals surface area contributed by atoms with Gasteiger partial charge in [-0.3, -0.25) is 4.79 Å². The van der Waals surface area contributed by atoms with Crippen molar-refractivity contribution in [2.24, 2.45) is 0 Å². The number of hydrogen-bond acceptors (Lipinski definition) is 3. The highest BCUT2D eigenvalue weighted by Gasteiger charge is 2.28. The fraction of sp³-hybridized carbons (Fsp3) is 0.350. The van der Waals surface area contributed by atoms with E-state index in [1.54, 1.807) is 41.3 Å². The van der Waals surface area contributed by atoms with Gasteiger partial charge in [-0.05, 0) is 47.9 Å². The maximum atomic E-state index is 12.8. The summed E-state index contributed by atoms with van der Waals surface area (Å²) >= 11 is 12.0. The minimum atomic E-state index is -3.52. The van der Waals surface area contributed by atoms with Crippen LogP contribution >= 0.6 is 23.2 Å². The molecular formula is C20H22Cl2N2O3S. The van der Waals surface area contributed by atoms with Gasteiger partial charge in [0.05, 0.1) is 21.4 Å². The van der Waals surface area contributed by atoms with E-state index in [-0.39, 0.29) is 17.2 Å². The Kier molecular flexibility index (Phi) is 6.34. The smallest absolute Gasteiger partial charge is 0.243 e. The van der Waals surface area contributed by atoms with Crippen LogP contribution in [0.25, 0.3) is 0 Å². The summed E-state index contributed by atoms with van der Waals surface area (Å²) in [6.45, 7) is 5.01. The molecule has 0 radical (unpaired) electrons. The van der Waals surface area contributed by atoms with E-state index in [1.807, 2.05) is 13.8 Å². The second-order valence-corrected chi connectivity index (χ2v) is 9.35. The molecule has 1 heterocycles. The molecule has 0 saturated carbocycles. The monoisotopic (exact) mass is 440 g/mol. The van der Waals surface area contributed by atoms with Crippen LogP contribution in [0, 0.1) is 0 Å². The minimum absolute atomic E-state index is 0.0588. The van der Waals surface area contributed by atoms with Gasteiger partial charge in [-0.2, -0.15) is 4.31 Å². The third kappa shape index (κ3) is 4.06. The van der Waals surface area contributed by atoms with E-state index in [1.165, 1.54) is 4.31 Å². The molecule has 2 aromatic rings. The SMILES string of the molecule is CCN(CC)S(=O)(=O)c1ccc2c(c1)CCN2C(=O)Cc1ccc(Cl)c(Cl)c1. The third-order valence-corrected chi connectivity index (χ3v) is 7.72. The Bertz CT molecular complexity index is 1000. The Hall–Kier alpha value is -1.60. The molecular weight excluding hydrogens is 419 g/mol. The second-order valence-electron chi connectivity index (χ2n) is 6.60. The Morgan fingerprint density at radius 1 is 1.07 bits per heavy atom. The maximum absolute atomic E-state index is 12.8. The fourth-order valence-corrected chi connectivity index (χ4v) is 5.26. The maximum Gasteiger partial charge on any atom is 0.243 e. The summed E-state index contributed by atoms with van der Waals surface area (Å²) in [4.78, 5) is 14.8. The van der Waals surface area contributed by atoms with Crippen molar-refractivity contribution >= 4 is 44.8 Å². The lowest BCUT2D eigenvalue weighted by Gasteiger charge is -2.20. The Morgan fingerprint density at radius 2 is 1.79 bits per heavy atom. The molecule has 0 N–H and O–H groups in total. The summed E-state index contributed by atoms with van der Waals surface area (Å²) < 4.78 is 26.9. The third-order valence-electron chi connectivity index (χ3n) is 4.93. The molecule has 0 bridgehead atoms. The number of nitrogens with zero attached hydrogens (tertiary/aromatic N) is 2. The Morgan fingerprint density at radius 3 is 2.43 bits per heavy atom. The van der Waals surface area contributed by atoms with Gasteiger partial charge in [-0.1, -0.05) is 43.1 Å². The highest BCUT2D eigenvalue weighted by Crippen LogP contribution is 2.32. The minimum Gasteiger partial charge on any atom is -0.312 e. The van der Waals surface area contributed by atoms with Crippen molar-refractivity contribution in [3.8, 4) is 0 Å². The first-order valence-electron chi connectivity index (χ1n) is 9.15. The molecule has 3 rings (SSSR count). The average Bonchev–Trinajstić information content (AvgIpc) is 3.09. The van der Waals surface area contributed by atoms with Crippen LogP contribution in [0.5, 0.6) is 0 Å². The standard InChI is InChI=1S/C20H22Cl2N2O3S/c1-3-23(4-2)28(26,27)16-6-8-19-15(13-16)9-10-24(19)20(25)12-14-5-7-17(21)18(22)11-14/h5-8,11,13H,3-4,9-10,12H2,1-2H3. The predicted octanol–water partition coefficient (Wildman–Crippen LogP) is 4.16. The first-order chi connectivity index (χ1) is 13.3. The lowest BCUT2D eigenvalue weighted by Crippen LogP contribution is -2.31. The zero-order chi connectivity index (χ0) is 20.5. The normalized spacial score (nSPS) is 13.8. The van der Waals surface area contributed by atoms with Gasteiger partial charge in [0.1, 0.15) is 0 Å². The largest absolute Gasteiger partial charge is 0.312 e. The van der Waals surface area contributed by atoms with Crippen molar-refractivity contribution in [1.29, 1.82) is 0 Å². The second kappa shape index (κ2) is 8.41. The molecule has 2 aromatic carbocycles. The van der Waals surface area contributed by atoms with E-state index in [0.29, 0.717) is 36.1 Å². The van der Waals surface area contributed by atoms with Crippen LogP contribution in [0.2, 0.25) is 10.0 Å². The molecule has 0 unspecified atom stereocenters. The summed E-state index contributed by atoms with van der Waals surface area (Å²) in [6, 6.07) is 10.1. The highest BCUT2D eigenvalue weighted by atomic mass is 35.5. The van der Waals surface area contributed by atoms with Crippen LogP contribution in [-0.4, -0.2) is 38.3 Å². The number of carbonyl (C=O) groups is 1. The number of sulfonamides is 1. The predicted molar refractivity (Wildman–Crippen MR) is 113 cm³/mol. The molecule has 1 aliphatic rings. The van der Waals surface area contributed by atoms with Gasteiger partial charge >= 0.3 is 0 Å². The van der Waals surface area contributed by atoms with Crippen molar-refractivity contribution in [3.63, 3.8) is 0 Å². The quantitative estimate of drug-likeness (QED) is 0.677. The molecule has 0 fully saturated rings. The number of carbonyl (C=O) groups excluding carboxylic acids is 1. The number of rotatable bonds is 6. The number of hydrogen-bond donors (Lipinski definition) is 0. The molecule has 0 spiro atoms. The van der Waals surface area contributed by atoms with Crippen LogP contribution in [0.15, 0.2) is 41.3 Å². The summed E-state index contributed by atoms with van der Waals surface area (Å²) in [7, 11) is -3.52. The van der Waals surface area contributed by atoms with E-state index < -0.39 is 10.0 Å². The van der Waals surface area contributed by atoms with Crippen LogP contribution in [-0.2, 0) is 27.7 Å². The number of fused-ring (bicyclic) bond motifs is 1. The molecule has 0 atom stereocenters. The lowest BCUT2D eigenvalue weighted by atomic mass is 10.1. The van der Waals surface area contributed by atoms with Gasteiger partial charge in [0.15, 0.2) is 0 Å². The fourth-order valence-electron chi connectivity index (χ4n) is 3.43. The topological polar surface area (TPSA) is 57.7 Å². The van der Waals surface area contributed by atoms with Crippen LogP contribution < -0.4 is 4.90 Å². The van der Waals surface area contributed by atoms with Crippen molar-refractivity contribution in [2.45, 2.75) is 31.6 Å². The summed E-state index contributed by atoms with van der Waals surface area (Å²) in [5, 5.41) is 0.867. The van der Waals surface area contributed by atoms with Crippen molar-refractivity contribution < 1.29 is 13.2 Å². The molecule has 5 nitrogen and oxygen atoms in total. The number of anilines is 1. The van der Waals surface area contributed by atoms with E-state index >= 15 is 0 Å². The zero-order valence-electron chi connectivity index (χ0n) is 15.8. The Labute approximate surface area is 175 Å². The van der Waals surface area contributed by atoms with Gasteiger partial charge in [-0.15, -0.1) is 0 Å². The molecule has 28 heavy (non-hydrogen) atoms. The van der Waals surface area contributed by atoms with Crippen LogP contribution in [0.3, 0.4) is 0 Å². The molecule has 0 aromatic heterocycles. The van der Waals surface area contributed by atoms with Gasteiger partial charge in [0.2, 0.25) is 15.9 Å². The summed E-state index contributed by atoms with van der Waals surface area (Å²) in [5.74, 6) is -0.0588. The van der Waals surface area contributed by atoms with Gasteiger partial charge in [0, 0.05) is 25.3 Å². The number of amides is 1. The van der Waals surface area contributed by atoms with E-state index in [2.05, 4.69) is 0 Å². The van der Waals surface area contributed by atoms with Crippen LogP contribution in [0.4, 0.5) is 5.69 Å². The highest BCUT2D eigenvalue weighted by molar-refractivity contribution is 7.89. The zero-order valence-corrected chi connectivity index (χ0v) is 18.1. The van der Waals surface area contributed by atoms with Crippen molar-refractivity contribution in [1.82, 2.24) is 4.31 Å². The Balaban J connectivity index is 1.82. The number of benzene rings is 2. The first-order valence-corrected chi connectivity index (χ1v) is 11.3. The van der Waals surface area contributed by atoms with Gasteiger partial charge in [-0.25, -0.2) is 8.42 Å². The van der Waals surface area contributed by atoms with Gasteiger partial charge in [0.25, 0.3) is 0 Å². The summed E-state index contributed by atoms with van der Waals surface area (Å²) in [5.41, 5.74) is 2.42. The van der Waals surface area contributed by atoms with E-state index in [9.17, 15) is 13.2 Å². The molecule has 0 aliphatic carbocycles. The van der Waals surface area contributed by atoms with E-state index in [4.69, 9.17) is 23.2 Å². The average molecular weight is 441 g/mol. The van der Waals surface area contributed by atoms with Crippen molar-refractivity contribution in [2.75, 3.05) is 24.5 Å². The van der Waals surface area contributed by atoms with E-state index in [0.717, 1.165) is 16.8 Å². The van der Waals surface area contributed by atoms with Crippen LogP contribution in [0.1, 0.15) is 25.0 Å². The molecule has 1 amide bonds. The summed E-state index contributed by atoms with van der Waals surface area (Å²) in [6.07, 6.45) is 0.833. The molecule has 8 heteroatoms. The van der Waals surface area contributed by atoms with Crippen molar-refractivity contribution in [3.05, 3.63) is 57.6 Å². The molecule has 1 aliphatic heterocycles. The number of halogens is 2. The molecule has 150 valence electrons.